The lowest BCUT2D eigenvalue weighted by molar-refractivity contribution is -0.141. The fraction of sp³-hybridized carbons (Fsp3) is 0.286. The molecule has 2 atom stereocenters. The zero-order valence-electron chi connectivity index (χ0n) is 26.8. The number of carbonyl (C=O) groups is 1. The van der Waals surface area contributed by atoms with Gasteiger partial charge in [0.1, 0.15) is 11.5 Å². The van der Waals surface area contributed by atoms with Crippen molar-refractivity contribution >= 4 is 51.4 Å². The monoisotopic (exact) mass is 723 g/mol. The predicted octanol–water partition coefficient (Wildman–Crippen LogP) is 6.99. The molecule has 0 radical (unpaired) electrons. The third-order valence-electron chi connectivity index (χ3n) is 9.08. The van der Waals surface area contributed by atoms with Crippen molar-refractivity contribution in [2.75, 3.05) is 19.0 Å². The zero-order chi connectivity index (χ0) is 35.3. The van der Waals surface area contributed by atoms with E-state index >= 15 is 0 Å². The number of hydrogen-bond donors (Lipinski definition) is 3. The van der Waals surface area contributed by atoms with Crippen LogP contribution in [-0.4, -0.2) is 45.4 Å². The highest BCUT2D eigenvalue weighted by Gasteiger charge is 2.34. The van der Waals surface area contributed by atoms with Crippen molar-refractivity contribution in [3.63, 3.8) is 0 Å². The van der Waals surface area contributed by atoms with Gasteiger partial charge in [0.2, 0.25) is 11.8 Å². The maximum absolute atomic E-state index is 13.8. The molecule has 0 spiro atoms. The summed E-state index contributed by atoms with van der Waals surface area (Å²) in [6.45, 7) is 0.650. The van der Waals surface area contributed by atoms with Crippen molar-refractivity contribution in [2.24, 2.45) is 7.05 Å². The Morgan fingerprint density at radius 3 is 2.46 bits per heavy atom. The van der Waals surface area contributed by atoms with Gasteiger partial charge in [-0.1, -0.05) is 53.5 Å². The van der Waals surface area contributed by atoms with Gasteiger partial charge in [0, 0.05) is 59.7 Å². The smallest absolute Gasteiger partial charge is 0.433 e. The minimum atomic E-state index is -4.77. The highest BCUT2D eigenvalue weighted by atomic mass is 35.5. The topological polar surface area (TPSA) is 123 Å². The standard InChI is InChI=1S/C35H30Cl2F3N7O3/c1-47-34(49)29-18(15-42-47)14-26(35(38,39)40)46-32(29)44-24-8-4-6-21(31(24)37)20-5-3-7-22(30(20)36)25-13-17-9-11-23(28(17)33(45-25)50-2)41-16-19-10-12-27(48)43-19/h3-8,13-15,19,23,41H,9-12,16H2,1-2H3,(H,43,48)(H,44,46)/t19-,23?/m0/s1. The van der Waals surface area contributed by atoms with Gasteiger partial charge in [-0.3, -0.25) is 9.59 Å². The van der Waals surface area contributed by atoms with Gasteiger partial charge < -0.3 is 20.7 Å². The van der Waals surface area contributed by atoms with E-state index in [4.69, 9.17) is 32.9 Å². The molecular weight excluding hydrogens is 694 g/mol. The van der Waals surface area contributed by atoms with Gasteiger partial charge in [0.25, 0.3) is 5.56 Å². The minimum Gasteiger partial charge on any atom is -0.481 e. The molecule has 10 nitrogen and oxygen atoms in total. The number of halogens is 5. The number of methoxy groups -OCH3 is 1. The van der Waals surface area contributed by atoms with Crippen molar-refractivity contribution in [1.82, 2.24) is 30.4 Å². The number of benzene rings is 2. The maximum Gasteiger partial charge on any atom is 0.433 e. The second-order valence-electron chi connectivity index (χ2n) is 12.2. The molecule has 1 fully saturated rings. The minimum absolute atomic E-state index is 0.0229. The molecule has 1 saturated heterocycles. The number of fused-ring (bicyclic) bond motifs is 2. The molecule has 1 amide bonds. The van der Waals surface area contributed by atoms with E-state index in [0.717, 1.165) is 41.1 Å². The molecule has 50 heavy (non-hydrogen) atoms. The van der Waals surface area contributed by atoms with E-state index in [9.17, 15) is 22.8 Å². The maximum atomic E-state index is 13.8. The second kappa shape index (κ2) is 13.2. The number of alkyl halides is 3. The summed E-state index contributed by atoms with van der Waals surface area (Å²) < 4.78 is 48.1. The Morgan fingerprint density at radius 2 is 1.74 bits per heavy atom. The van der Waals surface area contributed by atoms with Gasteiger partial charge in [-0.15, -0.1) is 0 Å². The molecule has 258 valence electrons. The van der Waals surface area contributed by atoms with Crippen molar-refractivity contribution in [1.29, 1.82) is 0 Å². The number of aromatic nitrogens is 4. The van der Waals surface area contributed by atoms with Crippen molar-refractivity contribution in [3.05, 3.63) is 91.9 Å². The number of carbonyl (C=O) groups excluding carboxylic acids is 1. The number of anilines is 2. The summed E-state index contributed by atoms with van der Waals surface area (Å²) >= 11 is 14.0. The number of aryl methyl sites for hydroxylation is 2. The van der Waals surface area contributed by atoms with Crippen molar-refractivity contribution in [2.45, 2.75) is 43.9 Å². The van der Waals surface area contributed by atoms with E-state index in [2.05, 4.69) is 26.0 Å². The summed E-state index contributed by atoms with van der Waals surface area (Å²) in [6.07, 6.45) is -0.613. The van der Waals surface area contributed by atoms with Gasteiger partial charge in [-0.2, -0.15) is 18.3 Å². The SMILES string of the molecule is COc1nc(-c2cccc(-c3cccc(Nc4nc(C(F)(F)F)cc5cnn(C)c(=O)c45)c3Cl)c2Cl)cc2c1C(NC[C@@H]1CCC(=O)N1)CC2. The number of ether oxygens (including phenoxy) is 1. The van der Waals surface area contributed by atoms with E-state index in [-0.39, 0.29) is 45.3 Å². The lowest BCUT2D eigenvalue weighted by Crippen LogP contribution is -2.36. The lowest BCUT2D eigenvalue weighted by atomic mass is 9.99. The molecule has 2 aromatic carbocycles. The second-order valence-corrected chi connectivity index (χ2v) is 13.0. The number of pyridine rings is 2. The summed E-state index contributed by atoms with van der Waals surface area (Å²) in [6, 6.07) is 13.3. The molecule has 7 rings (SSSR count). The zero-order valence-corrected chi connectivity index (χ0v) is 28.3. The average Bonchev–Trinajstić information content (AvgIpc) is 3.71. The third-order valence-corrected chi connectivity index (χ3v) is 9.90. The summed E-state index contributed by atoms with van der Waals surface area (Å²) in [5.41, 5.74) is 2.74. The van der Waals surface area contributed by atoms with Crippen LogP contribution in [0.25, 0.3) is 33.2 Å². The number of nitrogens with one attached hydrogen (secondary N) is 3. The fourth-order valence-electron chi connectivity index (χ4n) is 6.61. The molecule has 0 bridgehead atoms. The first-order chi connectivity index (χ1) is 23.9. The van der Waals surface area contributed by atoms with Gasteiger partial charge in [0.05, 0.1) is 40.1 Å². The van der Waals surface area contributed by atoms with E-state index in [1.165, 1.54) is 13.2 Å². The molecule has 1 unspecified atom stereocenters. The summed E-state index contributed by atoms with van der Waals surface area (Å²) in [7, 11) is 2.97. The van der Waals surface area contributed by atoms with Gasteiger partial charge in [-0.05, 0) is 43.0 Å². The van der Waals surface area contributed by atoms with Crippen LogP contribution < -0.4 is 26.2 Å². The van der Waals surface area contributed by atoms with Crippen LogP contribution in [0, 0.1) is 0 Å². The molecule has 1 aliphatic heterocycles. The molecule has 3 N–H and O–H groups in total. The number of rotatable bonds is 8. The summed E-state index contributed by atoms with van der Waals surface area (Å²) in [4.78, 5) is 33.2. The fourth-order valence-corrected chi connectivity index (χ4v) is 7.21. The number of hydrogen-bond acceptors (Lipinski definition) is 8. The third kappa shape index (κ3) is 6.25. The summed E-state index contributed by atoms with van der Waals surface area (Å²) in [5, 5.41) is 13.7. The first kappa shape index (κ1) is 33.8. The Hall–Kier alpha value is -4.72. The summed E-state index contributed by atoms with van der Waals surface area (Å²) in [5.74, 6) is 0.241. The van der Waals surface area contributed by atoms with E-state index in [0.29, 0.717) is 46.3 Å². The van der Waals surface area contributed by atoms with Gasteiger partial charge in [0.15, 0.2) is 0 Å². The highest BCUT2D eigenvalue weighted by Crippen LogP contribution is 2.44. The van der Waals surface area contributed by atoms with Crippen LogP contribution in [-0.2, 0) is 24.4 Å². The van der Waals surface area contributed by atoms with Crippen LogP contribution in [0.1, 0.15) is 42.1 Å². The van der Waals surface area contributed by atoms with Crippen LogP contribution in [0.5, 0.6) is 5.88 Å². The van der Waals surface area contributed by atoms with Crippen molar-refractivity contribution in [3.8, 4) is 28.3 Å². The first-order valence-electron chi connectivity index (χ1n) is 15.8. The Balaban J connectivity index is 1.23. The molecule has 15 heteroatoms. The Morgan fingerprint density at radius 1 is 1.00 bits per heavy atom. The Bertz CT molecular complexity index is 2230. The van der Waals surface area contributed by atoms with Crippen LogP contribution in [0.4, 0.5) is 24.7 Å². The van der Waals surface area contributed by atoms with E-state index in [1.54, 1.807) is 31.4 Å². The van der Waals surface area contributed by atoms with E-state index < -0.39 is 17.4 Å². The number of amides is 1. The lowest BCUT2D eigenvalue weighted by Gasteiger charge is -2.20. The van der Waals surface area contributed by atoms with Gasteiger partial charge in [-0.25, -0.2) is 14.6 Å². The highest BCUT2D eigenvalue weighted by molar-refractivity contribution is 6.39. The molecule has 3 aromatic heterocycles. The molecule has 4 heterocycles. The average molecular weight is 725 g/mol. The van der Waals surface area contributed by atoms with Crippen LogP contribution in [0.2, 0.25) is 10.0 Å². The van der Waals surface area contributed by atoms with Crippen LogP contribution in [0.15, 0.2) is 59.5 Å². The normalized spacial score (nSPS) is 17.2. The first-order valence-corrected chi connectivity index (χ1v) is 16.6. The van der Waals surface area contributed by atoms with Crippen molar-refractivity contribution < 1.29 is 22.7 Å². The quantitative estimate of drug-likeness (QED) is 0.157. The number of nitrogens with zero attached hydrogens (tertiary/aromatic N) is 4. The Labute approximate surface area is 294 Å². The Kier molecular flexibility index (Phi) is 8.91. The largest absolute Gasteiger partial charge is 0.481 e. The predicted molar refractivity (Wildman–Crippen MR) is 185 cm³/mol. The molecule has 0 saturated carbocycles. The van der Waals surface area contributed by atoms with Crippen LogP contribution in [0.3, 0.4) is 0 Å². The molecular formula is C35H30Cl2F3N7O3. The van der Waals surface area contributed by atoms with Gasteiger partial charge >= 0.3 is 6.18 Å². The molecule has 2 aliphatic rings. The molecule has 1 aliphatic carbocycles. The van der Waals surface area contributed by atoms with E-state index in [1.807, 2.05) is 18.2 Å². The molecule has 5 aromatic rings. The van der Waals surface area contributed by atoms with Crippen LogP contribution >= 0.6 is 23.2 Å².